The van der Waals surface area contributed by atoms with Gasteiger partial charge in [-0.25, -0.2) is 8.42 Å². The summed E-state index contributed by atoms with van der Waals surface area (Å²) >= 11 is 6.03. The van der Waals surface area contributed by atoms with Crippen LogP contribution in [0, 0.1) is 0 Å². The normalized spacial score (nSPS) is 11.2. The van der Waals surface area contributed by atoms with Crippen molar-refractivity contribution in [2.45, 2.75) is 4.90 Å². The number of aromatic nitrogens is 4. The monoisotopic (exact) mass is 548 g/mol. The minimum atomic E-state index is -3.94. The molecule has 0 saturated heterocycles. The van der Waals surface area contributed by atoms with E-state index < -0.39 is 10.0 Å². The summed E-state index contributed by atoms with van der Waals surface area (Å²) in [6.45, 7) is 0. The average Bonchev–Trinajstić information content (AvgIpc) is 2.93. The number of ether oxygens (including phenoxy) is 2. The molecule has 0 atom stereocenters. The first-order chi connectivity index (χ1) is 18.4. The molecular weight excluding hydrogens is 528 g/mol. The van der Waals surface area contributed by atoms with Gasteiger partial charge in [0.1, 0.15) is 5.69 Å². The number of benzene rings is 3. The van der Waals surface area contributed by atoms with Crippen LogP contribution < -0.4 is 19.5 Å². The van der Waals surface area contributed by atoms with E-state index in [9.17, 15) is 8.42 Å². The molecule has 2 N–H and O–H groups in total. The lowest BCUT2D eigenvalue weighted by Gasteiger charge is -2.12. The summed E-state index contributed by atoms with van der Waals surface area (Å²) in [7, 11) is -1.16. The van der Waals surface area contributed by atoms with Gasteiger partial charge in [0.2, 0.25) is 5.88 Å². The number of nitrogens with zero attached hydrogens (tertiary/aromatic N) is 4. The highest BCUT2D eigenvalue weighted by Crippen LogP contribution is 2.32. The van der Waals surface area contributed by atoms with Crippen molar-refractivity contribution in [3.8, 4) is 23.1 Å². The first kappa shape index (κ1) is 25.2. The quantitative estimate of drug-likeness (QED) is 0.265. The van der Waals surface area contributed by atoms with E-state index in [-0.39, 0.29) is 22.6 Å². The van der Waals surface area contributed by atoms with Crippen molar-refractivity contribution in [1.29, 1.82) is 0 Å². The van der Waals surface area contributed by atoms with Crippen LogP contribution in [0.25, 0.3) is 22.0 Å². The van der Waals surface area contributed by atoms with E-state index in [1.165, 1.54) is 32.4 Å². The van der Waals surface area contributed by atoms with Crippen molar-refractivity contribution >= 4 is 49.7 Å². The molecule has 0 saturated carbocycles. The largest absolute Gasteiger partial charge is 0.481 e. The Balaban J connectivity index is 1.40. The van der Waals surface area contributed by atoms with Gasteiger partial charge in [-0.15, -0.1) is 10.2 Å². The second kappa shape index (κ2) is 10.5. The molecule has 2 heterocycles. The Bertz CT molecular complexity index is 1690. The molecule has 12 heteroatoms. The van der Waals surface area contributed by atoms with Crippen molar-refractivity contribution in [1.82, 2.24) is 20.2 Å². The number of rotatable bonds is 8. The maximum absolute atomic E-state index is 12.9. The Kier molecular flexibility index (Phi) is 6.95. The van der Waals surface area contributed by atoms with Gasteiger partial charge in [0.05, 0.1) is 19.1 Å². The lowest BCUT2D eigenvalue weighted by atomic mass is 10.0. The highest BCUT2D eigenvalue weighted by atomic mass is 35.5. The molecule has 5 aromatic rings. The Morgan fingerprint density at radius 2 is 1.53 bits per heavy atom. The van der Waals surface area contributed by atoms with Crippen LogP contribution >= 0.6 is 11.6 Å². The number of anilines is 3. The second-order valence-electron chi connectivity index (χ2n) is 7.99. The number of fused-ring (bicyclic) bond motifs is 1. The van der Waals surface area contributed by atoms with Gasteiger partial charge in [0.15, 0.2) is 11.6 Å². The number of sulfonamides is 1. The molecule has 0 radical (unpaired) electrons. The van der Waals surface area contributed by atoms with Gasteiger partial charge < -0.3 is 14.8 Å². The van der Waals surface area contributed by atoms with Crippen molar-refractivity contribution in [2.75, 3.05) is 24.3 Å². The second-order valence-corrected chi connectivity index (χ2v) is 10.1. The van der Waals surface area contributed by atoms with Crippen LogP contribution in [0.2, 0.25) is 5.02 Å². The maximum Gasteiger partial charge on any atom is 0.321 e. The molecule has 0 amide bonds. The van der Waals surface area contributed by atoms with Crippen LogP contribution in [0.4, 0.5) is 17.3 Å². The van der Waals surface area contributed by atoms with Crippen molar-refractivity contribution < 1.29 is 17.9 Å². The van der Waals surface area contributed by atoms with E-state index in [1.807, 2.05) is 48.5 Å². The van der Waals surface area contributed by atoms with Crippen LogP contribution in [-0.2, 0) is 10.0 Å². The number of methoxy groups -OCH3 is 2. The molecule has 0 aliphatic heterocycles. The molecule has 0 spiro atoms. The van der Waals surface area contributed by atoms with Crippen LogP contribution in [0.1, 0.15) is 0 Å². The summed E-state index contributed by atoms with van der Waals surface area (Å²) in [6, 6.07) is 22.7. The van der Waals surface area contributed by atoms with E-state index in [2.05, 4.69) is 30.2 Å². The summed E-state index contributed by atoms with van der Waals surface area (Å²) in [4.78, 5) is 8.00. The summed E-state index contributed by atoms with van der Waals surface area (Å²) in [5, 5.41) is 14.5. The number of halogens is 1. The van der Waals surface area contributed by atoms with Gasteiger partial charge in [-0.1, -0.05) is 48.0 Å². The van der Waals surface area contributed by atoms with Crippen LogP contribution in [0.5, 0.6) is 11.9 Å². The molecular formula is C26H21ClN6O4S. The topological polar surface area (TPSA) is 128 Å². The molecule has 5 rings (SSSR count). The van der Waals surface area contributed by atoms with Crippen molar-refractivity contribution in [3.63, 3.8) is 0 Å². The SMILES string of the molecule is COc1cc(NS(=O)(=O)c2ccc(Nc3nnc(-c4ccc(Cl)cc4)c4ccccc34)cc2)nc(OC)n1. The summed E-state index contributed by atoms with van der Waals surface area (Å²) < 4.78 is 38.3. The van der Waals surface area contributed by atoms with Gasteiger partial charge in [-0.05, 0) is 36.4 Å². The molecule has 0 aliphatic carbocycles. The fourth-order valence-electron chi connectivity index (χ4n) is 3.72. The third kappa shape index (κ3) is 5.29. The minimum absolute atomic E-state index is 0.0124. The third-order valence-electron chi connectivity index (χ3n) is 5.55. The van der Waals surface area contributed by atoms with E-state index in [0.717, 1.165) is 22.0 Å². The average molecular weight is 549 g/mol. The van der Waals surface area contributed by atoms with Crippen molar-refractivity contribution in [3.05, 3.63) is 83.9 Å². The number of nitrogens with one attached hydrogen (secondary N) is 2. The summed E-state index contributed by atoms with van der Waals surface area (Å²) in [5.41, 5.74) is 2.26. The van der Waals surface area contributed by atoms with Gasteiger partial charge in [-0.3, -0.25) is 4.72 Å². The smallest absolute Gasteiger partial charge is 0.321 e. The van der Waals surface area contributed by atoms with E-state index in [4.69, 9.17) is 21.1 Å². The predicted molar refractivity (Wildman–Crippen MR) is 146 cm³/mol. The third-order valence-corrected chi connectivity index (χ3v) is 7.17. The number of hydrogen-bond acceptors (Lipinski definition) is 9. The lowest BCUT2D eigenvalue weighted by Crippen LogP contribution is -2.14. The molecule has 3 aromatic carbocycles. The Hall–Kier alpha value is -4.48. The molecule has 2 aromatic heterocycles. The minimum Gasteiger partial charge on any atom is -0.481 e. The van der Waals surface area contributed by atoms with E-state index in [0.29, 0.717) is 16.5 Å². The van der Waals surface area contributed by atoms with Crippen molar-refractivity contribution in [2.24, 2.45) is 0 Å². The van der Waals surface area contributed by atoms with Gasteiger partial charge in [0, 0.05) is 33.1 Å². The fourth-order valence-corrected chi connectivity index (χ4v) is 4.84. The Morgan fingerprint density at radius 3 is 2.21 bits per heavy atom. The Labute approximate surface area is 223 Å². The predicted octanol–water partition coefficient (Wildman–Crippen LogP) is 5.30. The zero-order chi connectivity index (χ0) is 26.7. The first-order valence-electron chi connectivity index (χ1n) is 11.2. The zero-order valence-corrected chi connectivity index (χ0v) is 21.8. The molecule has 0 unspecified atom stereocenters. The maximum atomic E-state index is 12.9. The highest BCUT2D eigenvalue weighted by molar-refractivity contribution is 7.92. The van der Waals surface area contributed by atoms with Gasteiger partial charge >= 0.3 is 6.01 Å². The molecule has 0 aliphatic rings. The molecule has 0 fully saturated rings. The highest BCUT2D eigenvalue weighted by Gasteiger charge is 2.17. The van der Waals surface area contributed by atoms with Gasteiger partial charge in [0.25, 0.3) is 10.0 Å². The summed E-state index contributed by atoms with van der Waals surface area (Å²) in [6.07, 6.45) is 0. The van der Waals surface area contributed by atoms with Crippen LogP contribution in [0.15, 0.2) is 83.8 Å². The fraction of sp³-hybridized carbons (Fsp3) is 0.0769. The van der Waals surface area contributed by atoms with Gasteiger partial charge in [-0.2, -0.15) is 9.97 Å². The van der Waals surface area contributed by atoms with Crippen LogP contribution in [-0.4, -0.2) is 42.8 Å². The molecule has 38 heavy (non-hydrogen) atoms. The zero-order valence-electron chi connectivity index (χ0n) is 20.2. The Morgan fingerprint density at radius 1 is 0.816 bits per heavy atom. The van der Waals surface area contributed by atoms with E-state index >= 15 is 0 Å². The van der Waals surface area contributed by atoms with E-state index in [1.54, 1.807) is 12.1 Å². The standard InChI is InChI=1S/C26H21ClN6O4S/c1-36-23-15-22(29-26(30-23)37-2)33-38(34,35)19-13-11-18(12-14-19)28-25-21-6-4-3-5-20(21)24(31-32-25)16-7-9-17(27)10-8-16/h3-15H,1-2H3,(H,28,32)(H,29,30,33). The molecule has 10 nitrogen and oxygen atoms in total. The summed E-state index contributed by atoms with van der Waals surface area (Å²) in [5.74, 6) is 0.704. The van der Waals surface area contributed by atoms with Crippen LogP contribution in [0.3, 0.4) is 0 Å². The molecule has 0 bridgehead atoms. The lowest BCUT2D eigenvalue weighted by molar-refractivity contribution is 0.353. The number of hydrogen-bond donors (Lipinski definition) is 2. The first-order valence-corrected chi connectivity index (χ1v) is 13.1. The molecule has 192 valence electrons.